The third-order valence-electron chi connectivity index (χ3n) is 3.35. The van der Waals surface area contributed by atoms with Crippen LogP contribution >= 0.6 is 11.6 Å². The number of benzene rings is 2. The van der Waals surface area contributed by atoms with Crippen molar-refractivity contribution in [2.24, 2.45) is 0 Å². The van der Waals surface area contributed by atoms with Crippen LogP contribution in [-0.2, 0) is 9.59 Å². The maximum Gasteiger partial charge on any atom is 0.256 e. The first-order chi connectivity index (χ1) is 10.2. The number of halogens is 1. The maximum atomic E-state index is 12.6. The lowest BCUT2D eigenvalue weighted by atomic mass is 10.1. The number of hydrogen-bond donors (Lipinski definition) is 1. The Bertz CT molecular complexity index is 688. The van der Waals surface area contributed by atoms with Crippen molar-refractivity contribution in [2.75, 3.05) is 16.8 Å². The fourth-order valence-corrected chi connectivity index (χ4v) is 2.56. The average molecular weight is 301 g/mol. The first-order valence-corrected chi connectivity index (χ1v) is 7.01. The molecule has 5 heteroatoms. The van der Waals surface area contributed by atoms with Gasteiger partial charge in [0.05, 0.1) is 17.9 Å². The highest BCUT2D eigenvalue weighted by Gasteiger charge is 2.33. The minimum Gasteiger partial charge on any atom is -0.374 e. The molecule has 0 fully saturated rings. The van der Waals surface area contributed by atoms with E-state index < -0.39 is 11.3 Å². The first kappa shape index (κ1) is 13.6. The largest absolute Gasteiger partial charge is 0.374 e. The van der Waals surface area contributed by atoms with Gasteiger partial charge in [-0.15, -0.1) is 11.6 Å². The molecule has 0 saturated carbocycles. The van der Waals surface area contributed by atoms with E-state index in [9.17, 15) is 9.59 Å². The minimum absolute atomic E-state index is 0.0845. The van der Waals surface area contributed by atoms with E-state index in [0.717, 1.165) is 10.6 Å². The number of alkyl halides is 1. The van der Waals surface area contributed by atoms with Crippen LogP contribution in [0.4, 0.5) is 11.4 Å². The number of nitrogens with one attached hydrogen (secondary N) is 1. The number of carbonyl (C=O) groups is 2. The molecule has 3 rings (SSSR count). The van der Waals surface area contributed by atoms with Crippen LogP contribution in [0, 0.1) is 0 Å². The second-order valence-corrected chi connectivity index (χ2v) is 5.15. The molecule has 2 amide bonds. The van der Waals surface area contributed by atoms with Crippen LogP contribution in [0.3, 0.4) is 0 Å². The summed E-state index contributed by atoms with van der Waals surface area (Å²) >= 11 is 6.26. The summed E-state index contributed by atoms with van der Waals surface area (Å²) in [5.41, 5.74) is 1.97. The molecular formula is C16H13ClN2O2. The Morgan fingerprint density at radius 2 is 1.76 bits per heavy atom. The van der Waals surface area contributed by atoms with Crippen molar-refractivity contribution in [3.63, 3.8) is 0 Å². The Morgan fingerprint density at radius 1 is 1.10 bits per heavy atom. The van der Waals surface area contributed by atoms with Gasteiger partial charge in [-0.3, -0.25) is 9.59 Å². The summed E-state index contributed by atoms with van der Waals surface area (Å²) in [4.78, 5) is 25.9. The molecular weight excluding hydrogens is 288 g/mol. The van der Waals surface area contributed by atoms with E-state index in [1.165, 1.54) is 0 Å². The van der Waals surface area contributed by atoms with Gasteiger partial charge >= 0.3 is 0 Å². The molecule has 2 aromatic carbocycles. The van der Waals surface area contributed by atoms with E-state index in [2.05, 4.69) is 5.32 Å². The summed E-state index contributed by atoms with van der Waals surface area (Å²) in [6.45, 7) is 0.0845. The van der Waals surface area contributed by atoms with Crippen molar-refractivity contribution in [3.05, 3.63) is 60.2 Å². The smallest absolute Gasteiger partial charge is 0.256 e. The molecule has 0 radical (unpaired) electrons. The van der Waals surface area contributed by atoms with Crippen LogP contribution in [0.5, 0.6) is 0 Å². The molecule has 1 unspecified atom stereocenters. The summed E-state index contributed by atoms with van der Waals surface area (Å²) in [5, 5.41) is 2.10. The molecule has 1 N–H and O–H groups in total. The lowest BCUT2D eigenvalue weighted by Gasteiger charge is -2.29. The summed E-state index contributed by atoms with van der Waals surface area (Å²) in [6, 6.07) is 16.2. The fraction of sp³-hybridized carbons (Fsp3) is 0.125. The van der Waals surface area contributed by atoms with Gasteiger partial charge in [0.25, 0.3) is 11.8 Å². The SMILES string of the molecule is O=C1CNc2ccccc2N1C(=O)C(Cl)c1ccccc1. The zero-order valence-corrected chi connectivity index (χ0v) is 11.9. The monoisotopic (exact) mass is 300 g/mol. The number of hydrogen-bond acceptors (Lipinski definition) is 3. The zero-order valence-electron chi connectivity index (χ0n) is 11.1. The molecule has 106 valence electrons. The number of fused-ring (bicyclic) bond motifs is 1. The Labute approximate surface area is 127 Å². The van der Waals surface area contributed by atoms with Crippen LogP contribution in [0.15, 0.2) is 54.6 Å². The number of nitrogens with zero attached hydrogens (tertiary/aromatic N) is 1. The van der Waals surface area contributed by atoms with E-state index in [0.29, 0.717) is 11.3 Å². The minimum atomic E-state index is -0.888. The second kappa shape index (κ2) is 5.58. The van der Waals surface area contributed by atoms with E-state index in [1.807, 2.05) is 30.3 Å². The molecule has 0 aliphatic carbocycles. The lowest BCUT2D eigenvalue weighted by Crippen LogP contribution is -2.45. The van der Waals surface area contributed by atoms with Gasteiger partial charge in [-0.1, -0.05) is 42.5 Å². The summed E-state index contributed by atoms with van der Waals surface area (Å²) < 4.78 is 0. The highest BCUT2D eigenvalue weighted by atomic mass is 35.5. The molecule has 1 heterocycles. The van der Waals surface area contributed by atoms with Crippen LogP contribution in [0.25, 0.3) is 0 Å². The second-order valence-electron chi connectivity index (χ2n) is 4.71. The van der Waals surface area contributed by atoms with Gasteiger partial charge in [0.1, 0.15) is 5.38 Å². The number of para-hydroxylation sites is 2. The first-order valence-electron chi connectivity index (χ1n) is 6.57. The summed E-state index contributed by atoms with van der Waals surface area (Å²) in [6.07, 6.45) is 0. The number of anilines is 2. The van der Waals surface area contributed by atoms with Crippen LogP contribution in [-0.4, -0.2) is 18.4 Å². The standard InChI is InChI=1S/C16H13ClN2O2/c17-15(11-6-2-1-3-7-11)16(21)19-13-9-5-4-8-12(13)18-10-14(19)20/h1-9,15,18H,10H2. The molecule has 1 aliphatic heterocycles. The van der Waals surface area contributed by atoms with E-state index in [4.69, 9.17) is 11.6 Å². The van der Waals surface area contributed by atoms with Gasteiger partial charge in [0.15, 0.2) is 0 Å². The van der Waals surface area contributed by atoms with Gasteiger partial charge in [-0.05, 0) is 17.7 Å². The fourth-order valence-electron chi connectivity index (χ4n) is 2.32. The molecule has 0 bridgehead atoms. The Morgan fingerprint density at radius 3 is 2.52 bits per heavy atom. The van der Waals surface area contributed by atoms with Gasteiger partial charge in [-0.2, -0.15) is 0 Å². The average Bonchev–Trinajstić information content (AvgIpc) is 2.54. The quantitative estimate of drug-likeness (QED) is 0.868. The molecule has 4 nitrogen and oxygen atoms in total. The van der Waals surface area contributed by atoms with Gasteiger partial charge in [0.2, 0.25) is 0 Å². The predicted molar refractivity (Wildman–Crippen MR) is 82.5 cm³/mol. The topological polar surface area (TPSA) is 49.4 Å². The van der Waals surface area contributed by atoms with Crippen molar-refractivity contribution in [1.29, 1.82) is 0 Å². The van der Waals surface area contributed by atoms with E-state index in [1.54, 1.807) is 24.3 Å². The summed E-state index contributed by atoms with van der Waals surface area (Å²) in [7, 11) is 0. The number of rotatable bonds is 2. The zero-order chi connectivity index (χ0) is 14.8. The number of imide groups is 1. The normalized spacial score (nSPS) is 15.1. The predicted octanol–water partition coefficient (Wildman–Crippen LogP) is 2.95. The highest BCUT2D eigenvalue weighted by Crippen LogP contribution is 2.33. The third kappa shape index (κ3) is 2.50. The Kier molecular flexibility index (Phi) is 3.62. The molecule has 1 aliphatic rings. The molecule has 2 aromatic rings. The van der Waals surface area contributed by atoms with Gasteiger partial charge < -0.3 is 5.32 Å². The van der Waals surface area contributed by atoms with Crippen molar-refractivity contribution < 1.29 is 9.59 Å². The van der Waals surface area contributed by atoms with Crippen LogP contribution < -0.4 is 10.2 Å². The van der Waals surface area contributed by atoms with Crippen molar-refractivity contribution in [2.45, 2.75) is 5.38 Å². The van der Waals surface area contributed by atoms with Crippen molar-refractivity contribution in [3.8, 4) is 0 Å². The van der Waals surface area contributed by atoms with Crippen LogP contribution in [0.2, 0.25) is 0 Å². The molecule has 0 aromatic heterocycles. The van der Waals surface area contributed by atoms with Gasteiger partial charge in [0, 0.05) is 0 Å². The Hall–Kier alpha value is -2.33. The molecule has 0 saturated heterocycles. The van der Waals surface area contributed by atoms with E-state index >= 15 is 0 Å². The number of amides is 2. The van der Waals surface area contributed by atoms with Crippen LogP contribution in [0.1, 0.15) is 10.9 Å². The van der Waals surface area contributed by atoms with Gasteiger partial charge in [-0.25, -0.2) is 4.90 Å². The highest BCUT2D eigenvalue weighted by molar-refractivity contribution is 6.36. The Balaban J connectivity index is 1.96. The van der Waals surface area contributed by atoms with Crippen molar-refractivity contribution in [1.82, 2.24) is 0 Å². The summed E-state index contributed by atoms with van der Waals surface area (Å²) in [5.74, 6) is -0.734. The lowest BCUT2D eigenvalue weighted by molar-refractivity contribution is -0.125. The van der Waals surface area contributed by atoms with E-state index in [-0.39, 0.29) is 12.5 Å². The molecule has 21 heavy (non-hydrogen) atoms. The maximum absolute atomic E-state index is 12.6. The third-order valence-corrected chi connectivity index (χ3v) is 3.79. The van der Waals surface area contributed by atoms with Crippen molar-refractivity contribution >= 4 is 34.8 Å². The molecule has 1 atom stereocenters. The number of carbonyl (C=O) groups excluding carboxylic acids is 2. The molecule has 0 spiro atoms.